The summed E-state index contributed by atoms with van der Waals surface area (Å²) in [6, 6.07) is 21.8. The molecule has 160 valence electrons. The van der Waals surface area contributed by atoms with Gasteiger partial charge in [0.05, 0.1) is 0 Å². The van der Waals surface area contributed by atoms with Gasteiger partial charge in [0.25, 0.3) is 0 Å². The highest BCUT2D eigenvalue weighted by Crippen LogP contribution is 2.16. The summed E-state index contributed by atoms with van der Waals surface area (Å²) in [4.78, 5) is 0. The van der Waals surface area contributed by atoms with Gasteiger partial charge in [0.1, 0.15) is 0 Å². The van der Waals surface area contributed by atoms with E-state index in [2.05, 4.69) is 90.2 Å². The molecule has 0 radical (unpaired) electrons. The average Bonchev–Trinajstić information content (AvgIpc) is 2.77. The summed E-state index contributed by atoms with van der Waals surface area (Å²) >= 11 is 2.50. The molecule has 3 heteroatoms. The van der Waals surface area contributed by atoms with Gasteiger partial charge in [0.2, 0.25) is 9.04 Å². The van der Waals surface area contributed by atoms with Crippen molar-refractivity contribution in [3.8, 4) is 0 Å². The number of hydrogen-bond acceptors (Lipinski definition) is 1. The maximum Gasteiger partial charge on any atom is 0.240 e. The second kappa shape index (κ2) is 16.1. The van der Waals surface area contributed by atoms with Crippen molar-refractivity contribution < 1.29 is 4.43 Å². The Bertz CT molecular complexity index is 580. The molecule has 1 unspecified atom stereocenters. The second-order valence-corrected chi connectivity index (χ2v) is 11.5. The Kier molecular flexibility index (Phi) is 13.7. The molecule has 0 heterocycles. The monoisotopic (exact) mass is 522 g/mol. The Hall–Kier alpha value is -0.653. The Labute approximate surface area is 194 Å². The van der Waals surface area contributed by atoms with Crippen LogP contribution >= 0.6 is 22.6 Å². The van der Waals surface area contributed by atoms with Crippen molar-refractivity contribution in [1.82, 2.24) is 0 Å². The number of unbranched alkanes of at least 4 members (excludes halogenated alkanes) is 8. The van der Waals surface area contributed by atoms with Gasteiger partial charge in [-0.25, -0.2) is 0 Å². The molecule has 0 saturated heterocycles. The van der Waals surface area contributed by atoms with Crippen molar-refractivity contribution >= 4 is 42.0 Å². The standard InChI is InChI=1S/C26H39IOSi/c1-2-3-4-5-6-7-8-9-12-17-24(22-23-27)28-29(25-18-13-10-14-19-25)26-20-15-11-16-21-26/h10-11,13-16,18-21,24,29H,2-9,12,17,22-23H2,1H3. The summed E-state index contributed by atoms with van der Waals surface area (Å²) in [6.45, 7) is 2.29. The van der Waals surface area contributed by atoms with Crippen LogP contribution in [0.3, 0.4) is 0 Å². The molecule has 29 heavy (non-hydrogen) atoms. The minimum absolute atomic E-state index is 0.397. The minimum atomic E-state index is -1.62. The highest BCUT2D eigenvalue weighted by molar-refractivity contribution is 14.1. The summed E-state index contributed by atoms with van der Waals surface area (Å²) < 4.78 is 8.04. The lowest BCUT2D eigenvalue weighted by molar-refractivity contribution is 0.191. The first-order valence-corrected chi connectivity index (χ1v) is 14.8. The molecule has 0 fully saturated rings. The van der Waals surface area contributed by atoms with Crippen LogP contribution in [-0.2, 0) is 4.43 Å². The van der Waals surface area contributed by atoms with Crippen LogP contribution in [0.4, 0.5) is 0 Å². The van der Waals surface area contributed by atoms with E-state index in [1.54, 1.807) is 0 Å². The Morgan fingerprint density at radius 2 is 1.17 bits per heavy atom. The van der Waals surface area contributed by atoms with Crippen LogP contribution < -0.4 is 10.4 Å². The second-order valence-electron chi connectivity index (χ2n) is 8.05. The highest BCUT2D eigenvalue weighted by atomic mass is 127. The molecular weight excluding hydrogens is 483 g/mol. The molecule has 0 spiro atoms. The van der Waals surface area contributed by atoms with Gasteiger partial charge in [-0.2, -0.15) is 0 Å². The fraction of sp³-hybridized carbons (Fsp3) is 0.538. The van der Waals surface area contributed by atoms with Gasteiger partial charge in [-0.1, -0.05) is 148 Å². The molecule has 0 bridgehead atoms. The van der Waals surface area contributed by atoms with Gasteiger partial charge in [0.15, 0.2) is 0 Å². The molecule has 0 saturated carbocycles. The van der Waals surface area contributed by atoms with E-state index in [1.807, 2.05) is 0 Å². The summed E-state index contributed by atoms with van der Waals surface area (Å²) in [7, 11) is -1.62. The van der Waals surface area contributed by atoms with Crippen molar-refractivity contribution in [2.24, 2.45) is 0 Å². The van der Waals surface area contributed by atoms with Crippen LogP contribution in [0.2, 0.25) is 0 Å². The Balaban J connectivity index is 1.83. The van der Waals surface area contributed by atoms with E-state index in [4.69, 9.17) is 4.43 Å². The predicted molar refractivity (Wildman–Crippen MR) is 140 cm³/mol. The highest BCUT2D eigenvalue weighted by Gasteiger charge is 2.22. The first-order chi connectivity index (χ1) is 14.3. The zero-order chi connectivity index (χ0) is 20.6. The molecule has 0 aromatic heterocycles. The number of rotatable bonds is 16. The molecule has 2 aromatic rings. The number of alkyl halides is 1. The van der Waals surface area contributed by atoms with Crippen molar-refractivity contribution in [3.05, 3.63) is 60.7 Å². The van der Waals surface area contributed by atoms with E-state index in [-0.39, 0.29) is 0 Å². The normalized spacial score (nSPS) is 12.4. The number of hydrogen-bond donors (Lipinski definition) is 0. The molecule has 1 nitrogen and oxygen atoms in total. The lowest BCUT2D eigenvalue weighted by Gasteiger charge is -2.25. The summed E-state index contributed by atoms with van der Waals surface area (Å²) in [6.07, 6.45) is 15.3. The fourth-order valence-electron chi connectivity index (χ4n) is 3.88. The average molecular weight is 523 g/mol. The fourth-order valence-corrected chi connectivity index (χ4v) is 7.08. The third kappa shape index (κ3) is 10.3. The smallest absolute Gasteiger partial charge is 0.240 e. The first-order valence-electron chi connectivity index (χ1n) is 11.7. The Morgan fingerprint density at radius 1 is 0.690 bits per heavy atom. The van der Waals surface area contributed by atoms with Crippen molar-refractivity contribution in [2.75, 3.05) is 4.43 Å². The molecule has 0 aliphatic carbocycles. The summed E-state index contributed by atoms with van der Waals surface area (Å²) in [5.41, 5.74) is 0. The maximum atomic E-state index is 6.87. The van der Waals surface area contributed by atoms with Gasteiger partial charge in [-0.05, 0) is 23.2 Å². The van der Waals surface area contributed by atoms with E-state index in [0.29, 0.717) is 6.10 Å². The maximum absolute atomic E-state index is 6.87. The van der Waals surface area contributed by atoms with E-state index < -0.39 is 9.04 Å². The largest absolute Gasteiger partial charge is 0.408 e. The molecular formula is C26H39IOSi. The van der Waals surface area contributed by atoms with Crippen molar-refractivity contribution in [3.63, 3.8) is 0 Å². The topological polar surface area (TPSA) is 9.23 Å². The minimum Gasteiger partial charge on any atom is -0.408 e. The van der Waals surface area contributed by atoms with Gasteiger partial charge in [-0.15, -0.1) is 0 Å². The zero-order valence-electron chi connectivity index (χ0n) is 18.2. The van der Waals surface area contributed by atoms with Crippen molar-refractivity contribution in [1.29, 1.82) is 0 Å². The molecule has 2 aromatic carbocycles. The van der Waals surface area contributed by atoms with E-state index in [0.717, 1.165) is 0 Å². The first kappa shape index (κ1) is 24.6. The zero-order valence-corrected chi connectivity index (χ0v) is 21.5. The Morgan fingerprint density at radius 3 is 1.66 bits per heavy atom. The van der Waals surface area contributed by atoms with Crippen LogP contribution in [0.25, 0.3) is 0 Å². The predicted octanol–water partition coefficient (Wildman–Crippen LogP) is 6.66. The molecule has 0 aliphatic rings. The van der Waals surface area contributed by atoms with Gasteiger partial charge >= 0.3 is 0 Å². The molecule has 1 atom stereocenters. The van der Waals surface area contributed by atoms with Gasteiger partial charge in [0, 0.05) is 10.5 Å². The van der Waals surface area contributed by atoms with Crippen LogP contribution in [0.1, 0.15) is 77.6 Å². The summed E-state index contributed by atoms with van der Waals surface area (Å²) in [5, 5.41) is 2.79. The van der Waals surface area contributed by atoms with Crippen LogP contribution in [0, 0.1) is 0 Å². The van der Waals surface area contributed by atoms with Gasteiger partial charge in [-0.3, -0.25) is 0 Å². The quantitative estimate of drug-likeness (QED) is 0.104. The van der Waals surface area contributed by atoms with Crippen LogP contribution in [-0.4, -0.2) is 19.6 Å². The number of benzene rings is 2. The number of halogens is 1. The van der Waals surface area contributed by atoms with E-state index in [9.17, 15) is 0 Å². The third-order valence-electron chi connectivity index (χ3n) is 5.59. The lowest BCUT2D eigenvalue weighted by atomic mass is 10.0. The van der Waals surface area contributed by atoms with Gasteiger partial charge < -0.3 is 4.43 Å². The molecule has 0 N–H and O–H groups in total. The molecule has 0 amide bonds. The van der Waals surface area contributed by atoms with E-state index >= 15 is 0 Å². The van der Waals surface area contributed by atoms with Crippen LogP contribution in [0.5, 0.6) is 0 Å². The van der Waals surface area contributed by atoms with Crippen molar-refractivity contribution in [2.45, 2.75) is 83.7 Å². The SMILES string of the molecule is CCCCCCCCCCCC(CCI)O[SiH](c1ccccc1)c1ccccc1. The van der Waals surface area contributed by atoms with E-state index in [1.165, 1.54) is 85.4 Å². The summed E-state index contributed by atoms with van der Waals surface area (Å²) in [5.74, 6) is 0. The lowest BCUT2D eigenvalue weighted by Crippen LogP contribution is -2.47. The molecule has 2 rings (SSSR count). The third-order valence-corrected chi connectivity index (χ3v) is 8.85. The van der Waals surface area contributed by atoms with Crippen LogP contribution in [0.15, 0.2) is 60.7 Å². The molecule has 0 aliphatic heterocycles.